The van der Waals surface area contributed by atoms with E-state index in [2.05, 4.69) is 22.3 Å². The molecule has 0 atom stereocenters. The van der Waals surface area contributed by atoms with Crippen LogP contribution < -0.4 is 10.1 Å². The summed E-state index contributed by atoms with van der Waals surface area (Å²) in [5, 5.41) is 2.89. The van der Waals surface area contributed by atoms with Gasteiger partial charge < -0.3 is 15.0 Å². The highest BCUT2D eigenvalue weighted by Gasteiger charge is 2.30. The predicted molar refractivity (Wildman–Crippen MR) is 81.4 cm³/mol. The van der Waals surface area contributed by atoms with Gasteiger partial charge in [0, 0.05) is 38.8 Å². The lowest BCUT2D eigenvalue weighted by molar-refractivity contribution is 0.132. The Morgan fingerprint density at radius 2 is 2.10 bits per heavy atom. The predicted octanol–water partition coefficient (Wildman–Crippen LogP) is 1.68. The largest absolute Gasteiger partial charge is 0.497 e. The molecule has 2 saturated heterocycles. The van der Waals surface area contributed by atoms with Crippen molar-refractivity contribution in [3.8, 4) is 5.75 Å². The summed E-state index contributed by atoms with van der Waals surface area (Å²) in [5.41, 5.74) is 1.28. The van der Waals surface area contributed by atoms with Crippen LogP contribution >= 0.6 is 0 Å². The Morgan fingerprint density at radius 3 is 2.76 bits per heavy atom. The van der Waals surface area contributed by atoms with Crippen LogP contribution in [0.1, 0.15) is 18.4 Å². The molecule has 0 aromatic heterocycles. The summed E-state index contributed by atoms with van der Waals surface area (Å²) in [6.07, 6.45) is 2.13. The van der Waals surface area contributed by atoms with Gasteiger partial charge in [0.05, 0.1) is 7.11 Å². The maximum Gasteiger partial charge on any atom is 0.317 e. The van der Waals surface area contributed by atoms with Gasteiger partial charge in [-0.05, 0) is 30.5 Å². The first-order valence-electron chi connectivity index (χ1n) is 7.66. The van der Waals surface area contributed by atoms with Gasteiger partial charge >= 0.3 is 6.03 Å². The Morgan fingerprint density at radius 1 is 1.29 bits per heavy atom. The highest BCUT2D eigenvalue weighted by atomic mass is 16.5. The number of ether oxygens (including phenoxy) is 1. The van der Waals surface area contributed by atoms with E-state index in [0.717, 1.165) is 51.3 Å². The van der Waals surface area contributed by atoms with E-state index in [4.69, 9.17) is 4.74 Å². The maximum atomic E-state index is 11.7. The third-order valence-corrected chi connectivity index (χ3v) is 4.43. The fourth-order valence-electron chi connectivity index (χ4n) is 3.25. The second-order valence-corrected chi connectivity index (χ2v) is 5.78. The lowest BCUT2D eigenvalue weighted by Crippen LogP contribution is -2.45. The number of nitrogens with zero attached hydrogens (tertiary/aromatic N) is 2. The summed E-state index contributed by atoms with van der Waals surface area (Å²) in [4.78, 5) is 16.2. The molecule has 0 aliphatic carbocycles. The number of amides is 2. The Labute approximate surface area is 125 Å². The number of hydrogen-bond acceptors (Lipinski definition) is 3. The maximum absolute atomic E-state index is 11.7. The van der Waals surface area contributed by atoms with E-state index in [9.17, 15) is 4.79 Å². The second kappa shape index (κ2) is 6.35. The Kier molecular flexibility index (Phi) is 4.29. The minimum atomic E-state index is 0.112. The number of nitrogens with one attached hydrogen (secondary N) is 1. The molecular formula is C16H23N3O2. The normalized spacial score (nSPS) is 20.6. The van der Waals surface area contributed by atoms with Crippen LogP contribution in [0.5, 0.6) is 5.75 Å². The van der Waals surface area contributed by atoms with Gasteiger partial charge in [-0.2, -0.15) is 0 Å². The lowest BCUT2D eigenvalue weighted by Gasteiger charge is -2.36. The van der Waals surface area contributed by atoms with Crippen LogP contribution in [0.25, 0.3) is 0 Å². The highest BCUT2D eigenvalue weighted by Crippen LogP contribution is 2.21. The molecule has 0 unspecified atom stereocenters. The number of benzene rings is 1. The topological polar surface area (TPSA) is 44.8 Å². The van der Waals surface area contributed by atoms with Crippen molar-refractivity contribution >= 4 is 6.03 Å². The number of carbonyl (C=O) groups is 1. The van der Waals surface area contributed by atoms with Crippen LogP contribution in [0.15, 0.2) is 24.3 Å². The van der Waals surface area contributed by atoms with Crippen LogP contribution in [-0.2, 0) is 6.54 Å². The molecule has 0 bridgehead atoms. The van der Waals surface area contributed by atoms with Crippen molar-refractivity contribution < 1.29 is 9.53 Å². The third-order valence-electron chi connectivity index (χ3n) is 4.43. The molecular weight excluding hydrogens is 266 g/mol. The molecule has 2 heterocycles. The second-order valence-electron chi connectivity index (χ2n) is 5.78. The smallest absolute Gasteiger partial charge is 0.317 e. The summed E-state index contributed by atoms with van der Waals surface area (Å²) in [7, 11) is 1.70. The number of urea groups is 1. The summed E-state index contributed by atoms with van der Waals surface area (Å²) < 4.78 is 5.27. The van der Waals surface area contributed by atoms with Gasteiger partial charge in [0.15, 0.2) is 0 Å². The number of piperidine rings is 1. The molecule has 2 amide bonds. The number of rotatable bonds is 4. The van der Waals surface area contributed by atoms with Crippen LogP contribution in [0, 0.1) is 0 Å². The molecule has 5 nitrogen and oxygen atoms in total. The monoisotopic (exact) mass is 289 g/mol. The molecule has 1 aromatic rings. The fraction of sp³-hybridized carbons (Fsp3) is 0.562. The zero-order valence-corrected chi connectivity index (χ0v) is 12.5. The molecule has 0 radical (unpaired) electrons. The SMILES string of the molecule is COc1cccc(CN2CCC(N3CCNC3=O)CC2)c1. The first-order valence-corrected chi connectivity index (χ1v) is 7.66. The molecule has 114 valence electrons. The van der Waals surface area contributed by atoms with Crippen LogP contribution in [0.2, 0.25) is 0 Å². The number of methoxy groups -OCH3 is 1. The van der Waals surface area contributed by atoms with Gasteiger partial charge in [0.1, 0.15) is 5.75 Å². The van der Waals surface area contributed by atoms with E-state index >= 15 is 0 Å². The van der Waals surface area contributed by atoms with E-state index in [1.54, 1.807) is 7.11 Å². The van der Waals surface area contributed by atoms with Crippen molar-refractivity contribution in [3.63, 3.8) is 0 Å². The number of likely N-dealkylation sites (tertiary alicyclic amines) is 1. The third kappa shape index (κ3) is 3.29. The zero-order chi connectivity index (χ0) is 14.7. The van der Waals surface area contributed by atoms with E-state index < -0.39 is 0 Å². The molecule has 1 N–H and O–H groups in total. The standard InChI is InChI=1S/C16H23N3O2/c1-21-15-4-2-3-13(11-15)12-18-8-5-14(6-9-18)19-10-7-17-16(19)20/h2-4,11,14H,5-10,12H2,1H3,(H,17,20). The van der Waals surface area contributed by atoms with Gasteiger partial charge in [0.25, 0.3) is 0 Å². The van der Waals surface area contributed by atoms with Crippen molar-refractivity contribution in [1.82, 2.24) is 15.1 Å². The molecule has 1 aromatic carbocycles. The van der Waals surface area contributed by atoms with E-state index in [1.165, 1.54) is 5.56 Å². The summed E-state index contributed by atoms with van der Waals surface area (Å²) in [6, 6.07) is 8.77. The van der Waals surface area contributed by atoms with E-state index in [1.807, 2.05) is 17.0 Å². The van der Waals surface area contributed by atoms with Crippen LogP contribution in [0.4, 0.5) is 4.79 Å². The zero-order valence-electron chi connectivity index (χ0n) is 12.5. The number of carbonyl (C=O) groups excluding carboxylic acids is 1. The van der Waals surface area contributed by atoms with E-state index in [-0.39, 0.29) is 6.03 Å². The minimum Gasteiger partial charge on any atom is -0.497 e. The van der Waals surface area contributed by atoms with Crippen LogP contribution in [-0.4, -0.2) is 55.2 Å². The highest BCUT2D eigenvalue weighted by molar-refractivity contribution is 5.76. The van der Waals surface area contributed by atoms with Crippen molar-refractivity contribution in [2.24, 2.45) is 0 Å². The lowest BCUT2D eigenvalue weighted by atomic mass is 10.0. The van der Waals surface area contributed by atoms with Crippen molar-refractivity contribution in [1.29, 1.82) is 0 Å². The molecule has 2 aliphatic heterocycles. The molecule has 21 heavy (non-hydrogen) atoms. The van der Waals surface area contributed by atoms with Crippen molar-refractivity contribution in [2.75, 3.05) is 33.3 Å². The Balaban J connectivity index is 1.52. The molecule has 5 heteroatoms. The van der Waals surface area contributed by atoms with Crippen molar-refractivity contribution in [3.05, 3.63) is 29.8 Å². The Hall–Kier alpha value is -1.75. The van der Waals surface area contributed by atoms with Gasteiger partial charge in [-0.25, -0.2) is 4.79 Å². The van der Waals surface area contributed by atoms with Gasteiger partial charge in [-0.15, -0.1) is 0 Å². The summed E-state index contributed by atoms with van der Waals surface area (Å²) >= 11 is 0. The van der Waals surface area contributed by atoms with Crippen LogP contribution in [0.3, 0.4) is 0 Å². The quantitative estimate of drug-likeness (QED) is 0.917. The summed E-state index contributed by atoms with van der Waals surface area (Å²) in [6.45, 7) is 4.70. The minimum absolute atomic E-state index is 0.112. The molecule has 2 aliphatic rings. The first kappa shape index (κ1) is 14.2. The van der Waals surface area contributed by atoms with Gasteiger partial charge in [0.2, 0.25) is 0 Å². The van der Waals surface area contributed by atoms with Gasteiger partial charge in [-0.3, -0.25) is 4.90 Å². The molecule has 0 saturated carbocycles. The van der Waals surface area contributed by atoms with Gasteiger partial charge in [-0.1, -0.05) is 12.1 Å². The fourth-order valence-corrected chi connectivity index (χ4v) is 3.25. The molecule has 3 rings (SSSR count). The van der Waals surface area contributed by atoms with E-state index in [0.29, 0.717) is 6.04 Å². The summed E-state index contributed by atoms with van der Waals surface area (Å²) in [5.74, 6) is 0.913. The average molecular weight is 289 g/mol. The van der Waals surface area contributed by atoms with Crippen molar-refractivity contribution in [2.45, 2.75) is 25.4 Å². The Bertz CT molecular complexity index is 498. The molecule has 2 fully saturated rings. The molecule has 0 spiro atoms. The first-order chi connectivity index (χ1) is 10.3. The number of hydrogen-bond donors (Lipinski definition) is 1. The average Bonchev–Trinajstić information content (AvgIpc) is 2.94.